The van der Waals surface area contributed by atoms with Gasteiger partial charge in [-0.3, -0.25) is 5.73 Å². The average Bonchev–Trinajstić information content (AvgIpc) is 2.25. The van der Waals surface area contributed by atoms with Crippen LogP contribution < -0.4 is 11.4 Å². The molecule has 3 N–H and O–H groups in total. The highest BCUT2D eigenvalue weighted by molar-refractivity contribution is 5.81. The molecule has 116 valence electrons. The molecule has 0 saturated carbocycles. The molecule has 0 aliphatic carbocycles. The molecular formula is C6H4F6N2O6. The van der Waals surface area contributed by atoms with E-state index in [2.05, 4.69) is 20.1 Å². The largest absolute Gasteiger partial charge is 0.492 e. The molecule has 0 aromatic rings. The van der Waals surface area contributed by atoms with Gasteiger partial charge in [0.05, 0.1) is 0 Å². The molecule has 0 saturated heterocycles. The van der Waals surface area contributed by atoms with Crippen molar-refractivity contribution in [2.45, 2.75) is 18.6 Å². The standard InChI is InChI=1S/C6H4F6N2O6/c7-5(8,9)3(16)18-1(13)2(15)19-14-20-4(17)6(10,11)12/h1,14H,13H2. The molecule has 1 unspecified atom stereocenters. The predicted octanol–water partition coefficient (Wildman–Crippen LogP) is -0.555. The number of halogens is 6. The lowest BCUT2D eigenvalue weighted by Gasteiger charge is -2.13. The lowest BCUT2D eigenvalue weighted by Crippen LogP contribution is -2.43. The van der Waals surface area contributed by atoms with Gasteiger partial charge in [-0.1, -0.05) is 0 Å². The van der Waals surface area contributed by atoms with Gasteiger partial charge in [-0.2, -0.15) is 26.3 Å². The summed E-state index contributed by atoms with van der Waals surface area (Å²) >= 11 is 0. The van der Waals surface area contributed by atoms with Crippen LogP contribution in [0.4, 0.5) is 26.3 Å². The van der Waals surface area contributed by atoms with Gasteiger partial charge in [0.1, 0.15) is 0 Å². The van der Waals surface area contributed by atoms with Crippen LogP contribution in [0, 0.1) is 0 Å². The predicted molar refractivity (Wildman–Crippen MR) is 41.5 cm³/mol. The number of nitrogens with one attached hydrogen (secondary N) is 1. The number of ether oxygens (including phenoxy) is 1. The zero-order valence-electron chi connectivity index (χ0n) is 8.87. The Morgan fingerprint density at radius 3 is 1.75 bits per heavy atom. The summed E-state index contributed by atoms with van der Waals surface area (Å²) in [5.74, 6) is -7.61. The normalized spacial score (nSPS) is 13.3. The Morgan fingerprint density at radius 1 is 0.900 bits per heavy atom. The minimum absolute atomic E-state index is 0.713. The van der Waals surface area contributed by atoms with Crippen molar-refractivity contribution in [3.63, 3.8) is 0 Å². The van der Waals surface area contributed by atoms with Crippen molar-refractivity contribution in [2.75, 3.05) is 0 Å². The van der Waals surface area contributed by atoms with E-state index >= 15 is 0 Å². The smallest absolute Gasteiger partial charge is 0.428 e. The van der Waals surface area contributed by atoms with Gasteiger partial charge in [0, 0.05) is 5.64 Å². The first kappa shape index (κ1) is 17.9. The van der Waals surface area contributed by atoms with Crippen molar-refractivity contribution in [1.29, 1.82) is 0 Å². The second-order valence-corrected chi connectivity index (χ2v) is 2.72. The van der Waals surface area contributed by atoms with E-state index in [1.54, 1.807) is 0 Å². The number of rotatable bonds is 4. The highest BCUT2D eigenvalue weighted by Gasteiger charge is 2.44. The SMILES string of the molecule is NC(OC(=O)C(F)(F)F)C(=O)ONOC(=O)C(F)(F)F. The number of hydrogen-bond acceptors (Lipinski definition) is 8. The molecule has 8 nitrogen and oxygen atoms in total. The fourth-order valence-electron chi connectivity index (χ4n) is 0.446. The Bertz CT molecular complexity index is 392. The lowest BCUT2D eigenvalue weighted by molar-refractivity contribution is -0.238. The molecule has 0 aliphatic rings. The van der Waals surface area contributed by atoms with E-state index in [0.717, 1.165) is 0 Å². The quantitative estimate of drug-likeness (QED) is 0.307. The molecule has 0 fully saturated rings. The molecule has 14 heteroatoms. The van der Waals surface area contributed by atoms with Gasteiger partial charge in [0.2, 0.25) is 0 Å². The summed E-state index contributed by atoms with van der Waals surface area (Å²) < 4.78 is 73.0. The third kappa shape index (κ3) is 6.19. The number of hydrogen-bond donors (Lipinski definition) is 2. The Hall–Kier alpha value is -2.09. The molecule has 0 aromatic carbocycles. The zero-order chi connectivity index (χ0) is 16.1. The van der Waals surface area contributed by atoms with E-state index in [1.807, 2.05) is 0 Å². The van der Waals surface area contributed by atoms with Gasteiger partial charge < -0.3 is 14.4 Å². The molecule has 1 atom stereocenters. The summed E-state index contributed by atoms with van der Waals surface area (Å²) in [4.78, 5) is 37.6. The first-order chi connectivity index (χ1) is 8.85. The highest BCUT2D eigenvalue weighted by Crippen LogP contribution is 2.17. The minimum Gasteiger partial charge on any atom is -0.428 e. The van der Waals surface area contributed by atoms with Crippen LogP contribution in [0.15, 0.2) is 0 Å². The number of esters is 1. The Labute approximate surface area is 104 Å². The summed E-state index contributed by atoms with van der Waals surface area (Å²) in [6.07, 6.45) is -13.5. The fourth-order valence-corrected chi connectivity index (χ4v) is 0.446. The van der Waals surface area contributed by atoms with Crippen LogP contribution in [-0.2, 0) is 28.8 Å². The van der Waals surface area contributed by atoms with Crippen LogP contribution in [0.1, 0.15) is 0 Å². The number of nitrogens with two attached hydrogens (primary N) is 1. The van der Waals surface area contributed by atoms with Crippen molar-refractivity contribution in [1.82, 2.24) is 5.64 Å². The van der Waals surface area contributed by atoms with Crippen LogP contribution >= 0.6 is 0 Å². The minimum atomic E-state index is -5.45. The molecule has 0 aromatic heterocycles. The summed E-state index contributed by atoms with van der Waals surface area (Å²) in [5.41, 5.74) is 5.31. The maximum atomic E-state index is 11.7. The maximum absolute atomic E-state index is 11.7. The first-order valence-corrected chi connectivity index (χ1v) is 4.12. The topological polar surface area (TPSA) is 117 Å². The molecule has 0 radical (unpaired) electrons. The lowest BCUT2D eigenvalue weighted by atomic mass is 10.6. The Morgan fingerprint density at radius 2 is 1.35 bits per heavy atom. The highest BCUT2D eigenvalue weighted by atomic mass is 19.4. The summed E-state index contributed by atoms with van der Waals surface area (Å²) in [6, 6.07) is 0. The van der Waals surface area contributed by atoms with Crippen LogP contribution in [0.25, 0.3) is 0 Å². The van der Waals surface area contributed by atoms with E-state index in [1.165, 1.54) is 0 Å². The molecule has 0 bridgehead atoms. The molecule has 20 heavy (non-hydrogen) atoms. The van der Waals surface area contributed by atoms with Gasteiger partial charge in [0.15, 0.2) is 0 Å². The van der Waals surface area contributed by atoms with Crippen molar-refractivity contribution in [3.05, 3.63) is 0 Å². The summed E-state index contributed by atoms with van der Waals surface area (Å²) in [5, 5.41) is 0. The van der Waals surface area contributed by atoms with Crippen molar-refractivity contribution < 1.29 is 55.1 Å². The Kier molecular flexibility index (Phi) is 5.71. The van der Waals surface area contributed by atoms with Gasteiger partial charge in [-0.25, -0.2) is 14.4 Å². The van der Waals surface area contributed by atoms with Crippen molar-refractivity contribution in [3.8, 4) is 0 Å². The number of carbonyl (C=O) groups excluding carboxylic acids is 3. The van der Waals surface area contributed by atoms with E-state index in [9.17, 15) is 40.7 Å². The fraction of sp³-hybridized carbons (Fsp3) is 0.500. The molecule has 0 amide bonds. The summed E-state index contributed by atoms with van der Waals surface area (Å²) in [6.45, 7) is 0. The first-order valence-electron chi connectivity index (χ1n) is 4.12. The van der Waals surface area contributed by atoms with E-state index in [0.29, 0.717) is 5.64 Å². The summed E-state index contributed by atoms with van der Waals surface area (Å²) in [7, 11) is 0. The monoisotopic (exact) mass is 314 g/mol. The van der Waals surface area contributed by atoms with E-state index < -0.39 is 36.5 Å². The zero-order valence-corrected chi connectivity index (χ0v) is 8.87. The second-order valence-electron chi connectivity index (χ2n) is 2.72. The molecule has 0 heterocycles. The van der Waals surface area contributed by atoms with Crippen LogP contribution in [0.5, 0.6) is 0 Å². The van der Waals surface area contributed by atoms with E-state index in [4.69, 9.17) is 0 Å². The van der Waals surface area contributed by atoms with Crippen molar-refractivity contribution in [2.24, 2.45) is 5.73 Å². The van der Waals surface area contributed by atoms with Crippen molar-refractivity contribution >= 4 is 17.9 Å². The molecular weight excluding hydrogens is 310 g/mol. The third-order valence-electron chi connectivity index (χ3n) is 1.21. The third-order valence-corrected chi connectivity index (χ3v) is 1.21. The van der Waals surface area contributed by atoms with Gasteiger partial charge in [-0.15, -0.1) is 0 Å². The molecule has 0 aliphatic heterocycles. The number of alkyl halides is 6. The molecule has 0 spiro atoms. The second kappa shape index (κ2) is 6.38. The van der Waals surface area contributed by atoms with Gasteiger partial charge in [-0.05, 0) is 0 Å². The van der Waals surface area contributed by atoms with Crippen LogP contribution in [0.3, 0.4) is 0 Å². The average molecular weight is 314 g/mol. The van der Waals surface area contributed by atoms with Crippen LogP contribution in [0.2, 0.25) is 0 Å². The van der Waals surface area contributed by atoms with Gasteiger partial charge >= 0.3 is 30.3 Å². The Balaban J connectivity index is 4.17. The van der Waals surface area contributed by atoms with Gasteiger partial charge in [0.25, 0.3) is 6.23 Å². The van der Waals surface area contributed by atoms with E-state index in [-0.39, 0.29) is 0 Å². The molecule has 0 rings (SSSR count). The van der Waals surface area contributed by atoms with Crippen LogP contribution in [-0.4, -0.2) is 36.5 Å². The maximum Gasteiger partial charge on any atom is 0.492 e. The number of carbonyl (C=O) groups is 3.